The van der Waals surface area contributed by atoms with Gasteiger partial charge in [-0.05, 0) is 50.0 Å². The highest BCUT2D eigenvalue weighted by molar-refractivity contribution is 7.89. The van der Waals surface area contributed by atoms with E-state index < -0.39 is 10.0 Å². The highest BCUT2D eigenvalue weighted by Gasteiger charge is 2.29. The van der Waals surface area contributed by atoms with Gasteiger partial charge in [0.1, 0.15) is 0 Å². The summed E-state index contributed by atoms with van der Waals surface area (Å²) >= 11 is 5.88. The van der Waals surface area contributed by atoms with Gasteiger partial charge in [-0.15, -0.1) is 12.4 Å². The average molecular weight is 353 g/mol. The molecule has 0 atom stereocenters. The van der Waals surface area contributed by atoms with Gasteiger partial charge < -0.3 is 5.32 Å². The van der Waals surface area contributed by atoms with Crippen molar-refractivity contribution < 1.29 is 8.42 Å². The monoisotopic (exact) mass is 352 g/mol. The first-order chi connectivity index (χ1) is 9.54. The summed E-state index contributed by atoms with van der Waals surface area (Å²) in [5, 5.41) is 3.78. The van der Waals surface area contributed by atoms with Crippen LogP contribution in [0.3, 0.4) is 0 Å². The van der Waals surface area contributed by atoms with Gasteiger partial charge in [0, 0.05) is 18.1 Å². The number of nitrogens with zero attached hydrogens (tertiary/aromatic N) is 1. The molecular formula is C14H22Cl2N2O2S. The highest BCUT2D eigenvalue weighted by atomic mass is 35.5. The van der Waals surface area contributed by atoms with E-state index in [2.05, 4.69) is 12.2 Å². The molecule has 0 saturated carbocycles. The second-order valence-electron chi connectivity index (χ2n) is 5.11. The summed E-state index contributed by atoms with van der Waals surface area (Å²) in [5.41, 5.74) is 0. The Morgan fingerprint density at radius 1 is 1.33 bits per heavy atom. The molecule has 0 bridgehead atoms. The number of hydrogen-bond donors (Lipinski definition) is 1. The van der Waals surface area contributed by atoms with Gasteiger partial charge in [-0.1, -0.05) is 24.6 Å². The van der Waals surface area contributed by atoms with Crippen molar-refractivity contribution in [3.05, 3.63) is 29.3 Å². The van der Waals surface area contributed by atoms with Crippen molar-refractivity contribution >= 4 is 34.0 Å². The molecule has 1 fully saturated rings. The Labute approximate surface area is 138 Å². The van der Waals surface area contributed by atoms with E-state index in [4.69, 9.17) is 11.6 Å². The molecule has 1 N–H and O–H groups in total. The molecule has 0 aliphatic carbocycles. The minimum absolute atomic E-state index is 0. The maximum absolute atomic E-state index is 12.5. The van der Waals surface area contributed by atoms with Crippen LogP contribution in [0.4, 0.5) is 0 Å². The van der Waals surface area contributed by atoms with Crippen LogP contribution < -0.4 is 5.32 Å². The average Bonchev–Trinajstić information content (AvgIpc) is 2.45. The Morgan fingerprint density at radius 2 is 2.00 bits per heavy atom. The molecule has 1 saturated heterocycles. The van der Waals surface area contributed by atoms with Gasteiger partial charge in [-0.3, -0.25) is 0 Å². The number of sulfonamides is 1. The zero-order valence-corrected chi connectivity index (χ0v) is 14.5. The molecule has 0 radical (unpaired) electrons. The number of rotatable bonds is 5. The van der Waals surface area contributed by atoms with Gasteiger partial charge in [0.25, 0.3) is 0 Å². The lowest BCUT2D eigenvalue weighted by atomic mass is 9.98. The number of piperidine rings is 1. The lowest BCUT2D eigenvalue weighted by Gasteiger charge is -2.31. The minimum Gasteiger partial charge on any atom is -0.317 e. The van der Waals surface area contributed by atoms with Crippen molar-refractivity contribution in [2.75, 3.05) is 26.2 Å². The maximum Gasteiger partial charge on any atom is 0.243 e. The minimum atomic E-state index is -3.40. The number of halogens is 2. The van der Waals surface area contributed by atoms with Crippen molar-refractivity contribution in [2.24, 2.45) is 5.92 Å². The number of benzene rings is 1. The van der Waals surface area contributed by atoms with Crippen molar-refractivity contribution in [1.82, 2.24) is 9.62 Å². The molecule has 1 aliphatic rings. The largest absolute Gasteiger partial charge is 0.317 e. The first-order valence-electron chi connectivity index (χ1n) is 7.00. The maximum atomic E-state index is 12.5. The van der Waals surface area contributed by atoms with E-state index in [1.54, 1.807) is 22.5 Å². The quantitative estimate of drug-likeness (QED) is 0.886. The summed E-state index contributed by atoms with van der Waals surface area (Å²) < 4.78 is 26.6. The molecule has 120 valence electrons. The molecule has 1 aromatic rings. The Balaban J connectivity index is 0.00000220. The summed E-state index contributed by atoms with van der Waals surface area (Å²) in [6, 6.07) is 6.48. The summed E-state index contributed by atoms with van der Waals surface area (Å²) in [5.74, 6) is 0.570. The predicted octanol–water partition coefficient (Wildman–Crippen LogP) is 2.77. The van der Waals surface area contributed by atoms with Gasteiger partial charge in [0.2, 0.25) is 10.0 Å². The van der Waals surface area contributed by atoms with Crippen LogP contribution >= 0.6 is 24.0 Å². The molecule has 1 aromatic carbocycles. The van der Waals surface area contributed by atoms with E-state index in [0.717, 1.165) is 25.9 Å². The summed E-state index contributed by atoms with van der Waals surface area (Å²) in [6.07, 6.45) is 1.82. The number of hydrogen-bond acceptors (Lipinski definition) is 3. The van der Waals surface area contributed by atoms with Crippen LogP contribution in [-0.2, 0) is 10.0 Å². The third-order valence-electron chi connectivity index (χ3n) is 3.69. The van der Waals surface area contributed by atoms with E-state index in [1.807, 2.05) is 0 Å². The number of nitrogens with one attached hydrogen (secondary N) is 1. The Bertz CT molecular complexity index is 544. The van der Waals surface area contributed by atoms with Crippen molar-refractivity contribution in [3.8, 4) is 0 Å². The van der Waals surface area contributed by atoms with Crippen LogP contribution in [-0.4, -0.2) is 38.9 Å². The van der Waals surface area contributed by atoms with Gasteiger partial charge in [0.05, 0.1) is 4.90 Å². The van der Waals surface area contributed by atoms with Crippen LogP contribution in [0.2, 0.25) is 5.02 Å². The van der Waals surface area contributed by atoms with E-state index >= 15 is 0 Å². The third-order valence-corrected chi connectivity index (χ3v) is 5.82. The summed E-state index contributed by atoms with van der Waals surface area (Å²) in [7, 11) is -3.40. The second kappa shape index (κ2) is 8.34. The highest BCUT2D eigenvalue weighted by Crippen LogP contribution is 2.24. The summed E-state index contributed by atoms with van der Waals surface area (Å²) in [6.45, 7) is 5.19. The van der Waals surface area contributed by atoms with Crippen LogP contribution in [0, 0.1) is 5.92 Å². The normalized spacial score (nSPS) is 17.4. The Morgan fingerprint density at radius 3 is 2.57 bits per heavy atom. The SMILES string of the molecule is CCNCC1CCN(S(=O)(=O)c2cccc(Cl)c2)CC1.Cl. The van der Waals surface area contributed by atoms with Crippen molar-refractivity contribution in [2.45, 2.75) is 24.7 Å². The fourth-order valence-electron chi connectivity index (χ4n) is 2.48. The fraction of sp³-hybridized carbons (Fsp3) is 0.571. The van der Waals surface area contributed by atoms with E-state index in [-0.39, 0.29) is 17.3 Å². The van der Waals surface area contributed by atoms with Crippen LogP contribution in [0.1, 0.15) is 19.8 Å². The molecule has 0 aromatic heterocycles. The topological polar surface area (TPSA) is 49.4 Å². The molecule has 0 amide bonds. The first-order valence-corrected chi connectivity index (χ1v) is 8.82. The molecular weight excluding hydrogens is 331 g/mol. The first kappa shape index (κ1) is 18.7. The van der Waals surface area contributed by atoms with Gasteiger partial charge in [-0.2, -0.15) is 4.31 Å². The zero-order chi connectivity index (χ0) is 14.6. The lowest BCUT2D eigenvalue weighted by Crippen LogP contribution is -2.40. The molecule has 0 unspecified atom stereocenters. The molecule has 2 rings (SSSR count). The Kier molecular flexibility index (Phi) is 7.44. The predicted molar refractivity (Wildman–Crippen MR) is 88.7 cm³/mol. The fourth-order valence-corrected chi connectivity index (χ4v) is 4.25. The van der Waals surface area contributed by atoms with Gasteiger partial charge in [-0.25, -0.2) is 8.42 Å². The molecule has 0 spiro atoms. The van der Waals surface area contributed by atoms with Crippen LogP contribution in [0.5, 0.6) is 0 Å². The third kappa shape index (κ3) is 4.83. The lowest BCUT2D eigenvalue weighted by molar-refractivity contribution is 0.268. The van der Waals surface area contributed by atoms with E-state index in [1.165, 1.54) is 6.07 Å². The molecule has 4 nitrogen and oxygen atoms in total. The molecule has 1 aliphatic heterocycles. The van der Waals surface area contributed by atoms with Crippen molar-refractivity contribution in [3.63, 3.8) is 0 Å². The van der Waals surface area contributed by atoms with E-state index in [0.29, 0.717) is 24.0 Å². The standard InChI is InChI=1S/C14H21ClN2O2S.ClH/c1-2-16-11-12-6-8-17(9-7-12)20(18,19)14-5-3-4-13(15)10-14;/h3-5,10,12,16H,2,6-9,11H2,1H3;1H. The van der Waals surface area contributed by atoms with Gasteiger partial charge in [0.15, 0.2) is 0 Å². The summed E-state index contributed by atoms with van der Waals surface area (Å²) in [4.78, 5) is 0.287. The second-order valence-corrected chi connectivity index (χ2v) is 7.49. The van der Waals surface area contributed by atoms with E-state index in [9.17, 15) is 8.42 Å². The molecule has 7 heteroatoms. The Hall–Kier alpha value is -0.330. The van der Waals surface area contributed by atoms with Crippen LogP contribution in [0.15, 0.2) is 29.2 Å². The smallest absolute Gasteiger partial charge is 0.243 e. The van der Waals surface area contributed by atoms with Crippen LogP contribution in [0.25, 0.3) is 0 Å². The molecule has 1 heterocycles. The van der Waals surface area contributed by atoms with Gasteiger partial charge >= 0.3 is 0 Å². The van der Waals surface area contributed by atoms with Crippen molar-refractivity contribution in [1.29, 1.82) is 0 Å². The zero-order valence-electron chi connectivity index (χ0n) is 12.1. The molecule has 21 heavy (non-hydrogen) atoms.